The number of halogens is 1. The number of carbonyl (C=O) groups is 1. The highest BCUT2D eigenvalue weighted by Crippen LogP contribution is 2.40. The summed E-state index contributed by atoms with van der Waals surface area (Å²) in [6, 6.07) is 4.90. The van der Waals surface area contributed by atoms with Gasteiger partial charge in [0.2, 0.25) is 5.88 Å². The monoisotopic (exact) mass is 357 g/mol. The van der Waals surface area contributed by atoms with Gasteiger partial charge in [0.15, 0.2) is 17.3 Å². The van der Waals surface area contributed by atoms with Crippen LogP contribution in [0, 0.1) is 18.7 Å². The van der Waals surface area contributed by atoms with Crippen molar-refractivity contribution in [3.8, 4) is 11.6 Å². The van der Waals surface area contributed by atoms with Gasteiger partial charge in [0.25, 0.3) is 5.91 Å². The number of aromatic nitrogens is 2. The fourth-order valence-electron chi connectivity index (χ4n) is 3.91. The van der Waals surface area contributed by atoms with Crippen molar-refractivity contribution < 1.29 is 18.7 Å². The first kappa shape index (κ1) is 16.8. The quantitative estimate of drug-likeness (QED) is 0.842. The van der Waals surface area contributed by atoms with Crippen LogP contribution in [-0.4, -0.2) is 46.6 Å². The van der Waals surface area contributed by atoms with Crippen LogP contribution in [0.15, 0.2) is 30.6 Å². The van der Waals surface area contributed by atoms with E-state index in [1.807, 2.05) is 19.1 Å². The number of fused-ring (bicyclic) bond motifs is 2. The van der Waals surface area contributed by atoms with E-state index in [4.69, 9.17) is 9.47 Å². The van der Waals surface area contributed by atoms with E-state index >= 15 is 0 Å². The predicted molar refractivity (Wildman–Crippen MR) is 91.7 cm³/mol. The highest BCUT2D eigenvalue weighted by molar-refractivity contribution is 5.95. The summed E-state index contributed by atoms with van der Waals surface area (Å²) in [5, 5.41) is 0. The fraction of sp³-hybridized carbons (Fsp3) is 0.421. The van der Waals surface area contributed by atoms with Crippen LogP contribution in [-0.2, 0) is 0 Å². The molecular weight excluding hydrogens is 337 g/mol. The third-order valence-electron chi connectivity index (χ3n) is 5.11. The van der Waals surface area contributed by atoms with Gasteiger partial charge in [-0.3, -0.25) is 4.79 Å². The summed E-state index contributed by atoms with van der Waals surface area (Å²) in [5.74, 6) is -0.0928. The Balaban J connectivity index is 1.54. The highest BCUT2D eigenvalue weighted by atomic mass is 19.1. The van der Waals surface area contributed by atoms with Crippen LogP contribution < -0.4 is 9.47 Å². The second-order valence-electron chi connectivity index (χ2n) is 6.87. The second kappa shape index (κ2) is 6.55. The molecule has 1 amide bonds. The highest BCUT2D eigenvalue weighted by Gasteiger charge is 2.49. The maximum atomic E-state index is 13.9. The Morgan fingerprint density at radius 2 is 2.12 bits per heavy atom. The van der Waals surface area contributed by atoms with Gasteiger partial charge in [-0.15, -0.1) is 0 Å². The van der Waals surface area contributed by atoms with Crippen LogP contribution in [0.25, 0.3) is 0 Å². The van der Waals surface area contributed by atoms with E-state index in [0.29, 0.717) is 18.3 Å². The Kier molecular flexibility index (Phi) is 4.22. The van der Waals surface area contributed by atoms with Gasteiger partial charge in [-0.25, -0.2) is 14.4 Å². The summed E-state index contributed by atoms with van der Waals surface area (Å²) in [5.41, 5.74) is 1.07. The molecule has 2 aromatic rings. The van der Waals surface area contributed by atoms with Crippen molar-refractivity contribution >= 4 is 5.91 Å². The molecule has 6 nitrogen and oxygen atoms in total. The average molecular weight is 357 g/mol. The van der Waals surface area contributed by atoms with Crippen molar-refractivity contribution in [3.63, 3.8) is 0 Å². The molecule has 2 aliphatic rings. The van der Waals surface area contributed by atoms with Gasteiger partial charge in [0.05, 0.1) is 13.2 Å². The molecule has 1 aliphatic heterocycles. The van der Waals surface area contributed by atoms with Gasteiger partial charge in [0, 0.05) is 25.0 Å². The number of nitrogens with zero attached hydrogens (tertiary/aromatic N) is 3. The van der Waals surface area contributed by atoms with E-state index in [9.17, 15) is 9.18 Å². The number of pyridine rings is 2. The molecule has 0 aromatic carbocycles. The Labute approximate surface area is 151 Å². The van der Waals surface area contributed by atoms with E-state index < -0.39 is 5.82 Å². The molecule has 3 heterocycles. The summed E-state index contributed by atoms with van der Waals surface area (Å²) >= 11 is 0. The summed E-state index contributed by atoms with van der Waals surface area (Å²) in [7, 11) is 1.34. The number of hydrogen-bond acceptors (Lipinski definition) is 5. The largest absolute Gasteiger partial charge is 0.491 e. The molecule has 3 atom stereocenters. The number of hydrogen-bond donors (Lipinski definition) is 0. The van der Waals surface area contributed by atoms with Crippen molar-refractivity contribution in [1.82, 2.24) is 14.9 Å². The van der Waals surface area contributed by atoms with Crippen molar-refractivity contribution in [2.75, 3.05) is 13.7 Å². The Morgan fingerprint density at radius 1 is 1.27 bits per heavy atom. The molecule has 0 N–H and O–H groups in total. The topological polar surface area (TPSA) is 64.5 Å². The molecule has 26 heavy (non-hydrogen) atoms. The minimum Gasteiger partial charge on any atom is -0.491 e. The van der Waals surface area contributed by atoms with Crippen LogP contribution in [0.4, 0.5) is 4.39 Å². The first-order valence-electron chi connectivity index (χ1n) is 8.65. The number of methoxy groups -OCH3 is 1. The lowest BCUT2D eigenvalue weighted by molar-refractivity contribution is 0.0457. The van der Waals surface area contributed by atoms with Crippen molar-refractivity contribution in [2.45, 2.75) is 31.9 Å². The molecule has 2 fully saturated rings. The molecule has 2 aromatic heterocycles. The minimum atomic E-state index is -0.591. The lowest BCUT2D eigenvalue weighted by Gasteiger charge is -2.33. The van der Waals surface area contributed by atoms with Gasteiger partial charge >= 0.3 is 0 Å². The van der Waals surface area contributed by atoms with Crippen LogP contribution in [0.3, 0.4) is 0 Å². The number of aryl methyl sites for hydroxylation is 1. The van der Waals surface area contributed by atoms with E-state index in [2.05, 4.69) is 9.97 Å². The maximum absolute atomic E-state index is 13.9. The van der Waals surface area contributed by atoms with Crippen molar-refractivity contribution in [2.24, 2.45) is 5.92 Å². The number of ether oxygens (including phenoxy) is 2. The molecule has 7 heteroatoms. The first-order chi connectivity index (χ1) is 12.6. The molecular formula is C19H20FN3O3. The van der Waals surface area contributed by atoms with Crippen LogP contribution in [0.2, 0.25) is 0 Å². The first-order valence-corrected chi connectivity index (χ1v) is 8.65. The SMILES string of the molecule is COc1c(F)ccnc1C(=O)N1CC2CC(Oc3ccc(C)cn3)C1C2. The van der Waals surface area contributed by atoms with Crippen molar-refractivity contribution in [3.05, 3.63) is 47.7 Å². The number of carbonyl (C=O) groups excluding carboxylic acids is 1. The van der Waals surface area contributed by atoms with Gasteiger partial charge in [-0.2, -0.15) is 0 Å². The normalized spacial score (nSPS) is 24.0. The molecule has 2 bridgehead atoms. The lowest BCUT2D eigenvalue weighted by Crippen LogP contribution is -2.47. The third kappa shape index (κ3) is 2.87. The zero-order valence-electron chi connectivity index (χ0n) is 14.7. The molecule has 0 radical (unpaired) electrons. The lowest BCUT2D eigenvalue weighted by atomic mass is 10.1. The number of likely N-dealkylation sites (tertiary alicyclic amines) is 1. The summed E-state index contributed by atoms with van der Waals surface area (Å²) in [4.78, 5) is 23.0. The third-order valence-corrected chi connectivity index (χ3v) is 5.11. The Morgan fingerprint density at radius 3 is 2.81 bits per heavy atom. The van der Waals surface area contributed by atoms with Crippen LogP contribution >= 0.6 is 0 Å². The number of amides is 1. The van der Waals surface area contributed by atoms with E-state index in [1.54, 1.807) is 11.1 Å². The van der Waals surface area contributed by atoms with Gasteiger partial charge in [-0.05, 0) is 37.3 Å². The molecule has 1 saturated heterocycles. The second-order valence-corrected chi connectivity index (χ2v) is 6.87. The van der Waals surface area contributed by atoms with Gasteiger partial charge in [0.1, 0.15) is 6.10 Å². The van der Waals surface area contributed by atoms with Gasteiger partial charge in [-0.1, -0.05) is 6.07 Å². The van der Waals surface area contributed by atoms with Crippen LogP contribution in [0.5, 0.6) is 11.6 Å². The standard InChI is InChI=1S/C19H20FN3O3/c1-11-3-4-16(22-9-11)26-15-8-12-7-14(15)23(10-12)19(24)17-18(25-2)13(20)5-6-21-17/h3-6,9,12,14-15H,7-8,10H2,1-2H3. The molecule has 1 aliphatic carbocycles. The predicted octanol–water partition coefficient (Wildman–Crippen LogP) is 2.61. The molecule has 4 rings (SSSR count). The van der Waals surface area contributed by atoms with E-state index in [-0.39, 0.29) is 29.5 Å². The smallest absolute Gasteiger partial charge is 0.276 e. The minimum absolute atomic E-state index is 0.00672. The zero-order valence-corrected chi connectivity index (χ0v) is 14.7. The molecule has 136 valence electrons. The van der Waals surface area contributed by atoms with Gasteiger partial charge < -0.3 is 14.4 Å². The maximum Gasteiger partial charge on any atom is 0.276 e. The molecule has 3 unspecified atom stereocenters. The average Bonchev–Trinajstić information content (AvgIpc) is 3.23. The number of rotatable bonds is 4. The van der Waals surface area contributed by atoms with Crippen molar-refractivity contribution in [1.29, 1.82) is 0 Å². The van der Waals surface area contributed by atoms with Crippen LogP contribution in [0.1, 0.15) is 28.9 Å². The summed E-state index contributed by atoms with van der Waals surface area (Å²) < 4.78 is 25.0. The molecule has 1 saturated carbocycles. The summed E-state index contributed by atoms with van der Waals surface area (Å²) in [6.45, 7) is 2.60. The fourth-order valence-corrected chi connectivity index (χ4v) is 3.91. The van der Waals surface area contributed by atoms with E-state index in [0.717, 1.165) is 18.4 Å². The number of piperidine rings is 1. The Hall–Kier alpha value is -2.70. The Bertz CT molecular complexity index is 827. The van der Waals surface area contributed by atoms with E-state index in [1.165, 1.54) is 19.4 Å². The zero-order chi connectivity index (χ0) is 18.3. The summed E-state index contributed by atoms with van der Waals surface area (Å²) in [6.07, 6.45) is 4.68. The molecule has 0 spiro atoms.